The van der Waals surface area contributed by atoms with Gasteiger partial charge in [0.15, 0.2) is 5.75 Å². The van der Waals surface area contributed by atoms with E-state index in [4.69, 9.17) is 4.18 Å². The van der Waals surface area contributed by atoms with Crippen LogP contribution in [0, 0.1) is 0 Å². The van der Waals surface area contributed by atoms with Crippen molar-refractivity contribution < 1.29 is 25.6 Å². The molecule has 0 aliphatic carbocycles. The van der Waals surface area contributed by atoms with Gasteiger partial charge in [0.1, 0.15) is 15.0 Å². The van der Waals surface area contributed by atoms with Crippen LogP contribution in [0.25, 0.3) is 32.3 Å². The summed E-state index contributed by atoms with van der Waals surface area (Å²) >= 11 is 0. The fraction of sp³-hybridized carbons (Fsp3) is 0.200. The zero-order valence-electron chi connectivity index (χ0n) is 21.4. The Kier molecular flexibility index (Phi) is 6.46. The van der Waals surface area contributed by atoms with Crippen molar-refractivity contribution in [2.45, 2.75) is 49.3 Å². The Morgan fingerprint density at radius 3 is 1.58 bits per heavy atom. The number of rotatable bonds is 6. The molecule has 0 amide bonds. The van der Waals surface area contributed by atoms with Gasteiger partial charge in [-0.3, -0.25) is 0 Å². The van der Waals surface area contributed by atoms with Crippen LogP contribution in [0.3, 0.4) is 0 Å². The molecule has 0 saturated heterocycles. The number of hydrogen-bond acceptors (Lipinski definition) is 6. The van der Waals surface area contributed by atoms with Gasteiger partial charge in [-0.25, -0.2) is 8.42 Å². The fourth-order valence-electron chi connectivity index (χ4n) is 5.22. The molecule has 0 aromatic heterocycles. The molecule has 0 radical (unpaired) electrons. The second-order valence-electron chi connectivity index (χ2n) is 9.98. The maximum Gasteiger partial charge on any atom is 0.339 e. The van der Waals surface area contributed by atoms with Gasteiger partial charge < -0.3 is 8.74 Å². The van der Waals surface area contributed by atoms with Crippen LogP contribution in [0.1, 0.15) is 50.7 Å². The summed E-state index contributed by atoms with van der Waals surface area (Å²) in [5.41, 5.74) is 1.30. The van der Waals surface area contributed by atoms with E-state index in [1.54, 1.807) is 36.4 Å². The summed E-state index contributed by atoms with van der Waals surface area (Å²) in [6, 6.07) is 22.2. The first-order valence-corrected chi connectivity index (χ1v) is 15.1. The van der Waals surface area contributed by atoms with Gasteiger partial charge in [0.25, 0.3) is 0 Å². The molecule has 6 nitrogen and oxygen atoms in total. The van der Waals surface area contributed by atoms with Crippen LogP contribution in [0.5, 0.6) is 5.75 Å². The van der Waals surface area contributed by atoms with Crippen molar-refractivity contribution in [3.05, 3.63) is 90.0 Å². The molecule has 5 rings (SSSR count). The van der Waals surface area contributed by atoms with E-state index in [9.17, 15) is 21.4 Å². The molecule has 0 fully saturated rings. The summed E-state index contributed by atoms with van der Waals surface area (Å²) in [5.74, 6) is -0.262. The maximum atomic E-state index is 14.3. The Morgan fingerprint density at radius 1 is 0.632 bits per heavy atom. The zero-order valence-corrected chi connectivity index (χ0v) is 23.1. The molecule has 38 heavy (non-hydrogen) atoms. The summed E-state index contributed by atoms with van der Waals surface area (Å²) in [7, 11) is -9.30. The van der Waals surface area contributed by atoms with Crippen molar-refractivity contribution in [3.8, 4) is 5.75 Å². The average Bonchev–Trinajstić information content (AvgIpc) is 2.86. The quantitative estimate of drug-likeness (QED) is 0.128. The largest absolute Gasteiger partial charge is 0.744 e. The third-order valence-electron chi connectivity index (χ3n) is 6.79. The normalized spacial score (nSPS) is 12.7. The molecule has 0 heterocycles. The van der Waals surface area contributed by atoms with E-state index < -0.39 is 25.1 Å². The number of hydrogen-bond donors (Lipinski definition) is 0. The molecule has 0 spiro atoms. The lowest BCUT2D eigenvalue weighted by atomic mass is 9.90. The van der Waals surface area contributed by atoms with Crippen molar-refractivity contribution in [1.82, 2.24) is 0 Å². The summed E-state index contributed by atoms with van der Waals surface area (Å²) < 4.78 is 71.5. The van der Waals surface area contributed by atoms with Crippen LogP contribution in [-0.2, 0) is 20.2 Å². The lowest BCUT2D eigenvalue weighted by Crippen LogP contribution is -2.17. The van der Waals surface area contributed by atoms with E-state index in [1.807, 2.05) is 58.0 Å². The smallest absolute Gasteiger partial charge is 0.339 e. The summed E-state index contributed by atoms with van der Waals surface area (Å²) in [6.07, 6.45) is 0. The third-order valence-corrected chi connectivity index (χ3v) is 9.08. The highest BCUT2D eigenvalue weighted by molar-refractivity contribution is 7.87. The maximum absolute atomic E-state index is 14.3. The molecular formula is C30H27O6S2-. The minimum Gasteiger partial charge on any atom is -0.744 e. The van der Waals surface area contributed by atoms with Crippen molar-refractivity contribution in [2.75, 3.05) is 0 Å². The van der Waals surface area contributed by atoms with Gasteiger partial charge in [-0.05, 0) is 39.8 Å². The molecule has 5 aromatic rings. The Hall–Kier alpha value is -3.46. The van der Waals surface area contributed by atoms with Crippen LogP contribution < -0.4 is 4.18 Å². The van der Waals surface area contributed by atoms with Crippen molar-refractivity contribution in [2.24, 2.45) is 0 Å². The van der Waals surface area contributed by atoms with Gasteiger partial charge in [-0.1, -0.05) is 100 Å². The minimum atomic E-state index is -4.88. The van der Waals surface area contributed by atoms with E-state index in [-0.39, 0.29) is 44.0 Å². The van der Waals surface area contributed by atoms with Gasteiger partial charge in [-0.15, -0.1) is 0 Å². The zero-order chi connectivity index (χ0) is 27.4. The highest BCUT2D eigenvalue weighted by Gasteiger charge is 2.31. The van der Waals surface area contributed by atoms with Crippen molar-refractivity contribution in [1.29, 1.82) is 0 Å². The lowest BCUT2D eigenvalue weighted by molar-refractivity contribution is 0.465. The van der Waals surface area contributed by atoms with E-state index in [2.05, 4.69) is 0 Å². The minimum absolute atomic E-state index is 0.0128. The SMILES string of the molecule is CC(C)c1cc2ccccc2c(C(C)C)c1S(=O)(=O)Oc1c2ccccc2c(S(=O)(=O)[O-])c2ccccc12. The predicted octanol–water partition coefficient (Wildman–Crippen LogP) is 7.06. The first-order valence-electron chi connectivity index (χ1n) is 12.3. The molecule has 0 aliphatic rings. The second-order valence-corrected chi connectivity index (χ2v) is 12.8. The van der Waals surface area contributed by atoms with Crippen molar-refractivity contribution >= 4 is 52.6 Å². The molecule has 0 bridgehead atoms. The van der Waals surface area contributed by atoms with E-state index in [1.165, 1.54) is 12.1 Å². The molecule has 5 aromatic carbocycles. The van der Waals surface area contributed by atoms with Gasteiger partial charge in [0.05, 0.1) is 4.90 Å². The fourth-order valence-corrected chi connectivity index (χ4v) is 7.79. The topological polar surface area (TPSA) is 101 Å². The first kappa shape index (κ1) is 26.2. The molecule has 0 aliphatic heterocycles. The van der Waals surface area contributed by atoms with Gasteiger partial charge in [0, 0.05) is 21.5 Å². The van der Waals surface area contributed by atoms with Crippen LogP contribution in [0.2, 0.25) is 0 Å². The Bertz CT molecular complexity index is 1880. The van der Waals surface area contributed by atoms with Gasteiger partial charge in [-0.2, -0.15) is 8.42 Å². The van der Waals surface area contributed by atoms with E-state index in [0.29, 0.717) is 11.1 Å². The summed E-state index contributed by atoms with van der Waals surface area (Å²) in [5, 5.41) is 2.44. The van der Waals surface area contributed by atoms with E-state index in [0.717, 1.165) is 10.8 Å². The molecule has 8 heteroatoms. The van der Waals surface area contributed by atoms with Crippen LogP contribution in [-0.4, -0.2) is 21.4 Å². The van der Waals surface area contributed by atoms with Gasteiger partial charge >= 0.3 is 10.1 Å². The Labute approximate surface area is 222 Å². The van der Waals surface area contributed by atoms with E-state index >= 15 is 0 Å². The lowest BCUT2D eigenvalue weighted by Gasteiger charge is -2.23. The summed E-state index contributed by atoms with van der Waals surface area (Å²) in [4.78, 5) is -0.278. The molecule has 0 atom stereocenters. The summed E-state index contributed by atoms with van der Waals surface area (Å²) in [6.45, 7) is 7.77. The molecule has 0 N–H and O–H groups in total. The number of benzene rings is 5. The van der Waals surface area contributed by atoms with Crippen LogP contribution in [0.4, 0.5) is 0 Å². The number of fused-ring (bicyclic) bond motifs is 3. The predicted molar refractivity (Wildman–Crippen MR) is 149 cm³/mol. The highest BCUT2D eigenvalue weighted by atomic mass is 32.2. The molecule has 0 saturated carbocycles. The second kappa shape index (κ2) is 9.38. The van der Waals surface area contributed by atoms with Crippen molar-refractivity contribution in [3.63, 3.8) is 0 Å². The third kappa shape index (κ3) is 4.32. The Morgan fingerprint density at radius 2 is 1.11 bits per heavy atom. The highest BCUT2D eigenvalue weighted by Crippen LogP contribution is 2.44. The molecule has 0 unspecified atom stereocenters. The monoisotopic (exact) mass is 547 g/mol. The average molecular weight is 548 g/mol. The standard InChI is InChI=1S/C30H28O6S2/c1-18(2)26-17-20-11-5-6-12-21(20)27(19(3)4)30(26)38(34,35)36-28-22-13-7-9-15-24(22)29(37(31,32)33)25-16-10-8-14-23(25)28/h5-19H,1-4H3,(H,31,32,33)/p-1. The van der Waals surface area contributed by atoms with Gasteiger partial charge in [0.2, 0.25) is 0 Å². The molecule has 196 valence electrons. The van der Waals surface area contributed by atoms with Crippen LogP contribution >= 0.6 is 0 Å². The molecular weight excluding hydrogens is 520 g/mol. The Balaban J connectivity index is 1.88. The van der Waals surface area contributed by atoms with Crippen LogP contribution in [0.15, 0.2) is 88.7 Å². The first-order chi connectivity index (χ1) is 17.9.